The average molecular weight is 212 g/mol. The summed E-state index contributed by atoms with van der Waals surface area (Å²) in [5.41, 5.74) is 0.0537. The highest BCUT2D eigenvalue weighted by molar-refractivity contribution is 5.75. The maximum atomic E-state index is 11.0. The fourth-order valence-corrected chi connectivity index (χ4v) is 2.17. The maximum absolute atomic E-state index is 11.0. The third-order valence-corrected chi connectivity index (χ3v) is 2.61. The fraction of sp³-hybridized carbons (Fsp3) is 0.727. The molecule has 0 fully saturated rings. The van der Waals surface area contributed by atoms with Gasteiger partial charge in [-0.3, -0.25) is 4.79 Å². The van der Waals surface area contributed by atoms with Crippen LogP contribution in [0.15, 0.2) is 11.8 Å². The monoisotopic (exact) mass is 212 g/mol. The summed E-state index contributed by atoms with van der Waals surface area (Å²) in [6, 6.07) is 0. The van der Waals surface area contributed by atoms with E-state index in [1.54, 1.807) is 0 Å². The molecule has 0 aromatic rings. The van der Waals surface area contributed by atoms with Gasteiger partial charge in [-0.1, -0.05) is 0 Å². The smallest absolute Gasteiger partial charge is 0.220 e. The number of hydrogen-bond donors (Lipinski definition) is 2. The first kappa shape index (κ1) is 12.2. The summed E-state index contributed by atoms with van der Waals surface area (Å²) in [6.45, 7) is 9.21. The van der Waals surface area contributed by atoms with Crippen molar-refractivity contribution in [1.29, 1.82) is 0 Å². The van der Waals surface area contributed by atoms with Crippen molar-refractivity contribution in [1.82, 2.24) is 10.4 Å². The first-order valence-corrected chi connectivity index (χ1v) is 5.14. The second-order valence-corrected chi connectivity index (χ2v) is 5.31. The van der Waals surface area contributed by atoms with Crippen molar-refractivity contribution in [2.45, 2.75) is 52.1 Å². The first-order valence-electron chi connectivity index (χ1n) is 5.14. The normalized spacial score (nSPS) is 24.5. The second-order valence-electron chi connectivity index (χ2n) is 5.31. The minimum Gasteiger partial charge on any atom is -0.330 e. The minimum atomic E-state index is -0.459. The van der Waals surface area contributed by atoms with E-state index in [9.17, 15) is 10.0 Å². The van der Waals surface area contributed by atoms with Crippen LogP contribution in [0.3, 0.4) is 0 Å². The zero-order valence-corrected chi connectivity index (χ0v) is 10.1. The maximum Gasteiger partial charge on any atom is 0.220 e. The second kappa shape index (κ2) is 3.61. The molecule has 86 valence electrons. The molecule has 0 spiro atoms. The largest absolute Gasteiger partial charge is 0.330 e. The molecule has 0 saturated heterocycles. The first-order chi connectivity index (χ1) is 6.65. The Morgan fingerprint density at radius 2 is 2.00 bits per heavy atom. The molecule has 15 heavy (non-hydrogen) atoms. The van der Waals surface area contributed by atoms with Crippen LogP contribution in [0.4, 0.5) is 0 Å². The summed E-state index contributed by atoms with van der Waals surface area (Å²) in [7, 11) is 0. The molecular weight excluding hydrogens is 192 g/mol. The third-order valence-electron chi connectivity index (χ3n) is 2.61. The molecule has 2 N–H and O–H groups in total. The molecule has 0 radical (unpaired) electrons. The van der Waals surface area contributed by atoms with Crippen LogP contribution in [-0.4, -0.2) is 27.3 Å². The van der Waals surface area contributed by atoms with Gasteiger partial charge in [-0.2, -0.15) is 5.06 Å². The predicted octanol–water partition coefficient (Wildman–Crippen LogP) is 1.66. The highest BCUT2D eigenvalue weighted by atomic mass is 16.5. The van der Waals surface area contributed by atoms with Crippen molar-refractivity contribution in [3.63, 3.8) is 0 Å². The van der Waals surface area contributed by atoms with Crippen LogP contribution in [0.1, 0.15) is 41.0 Å². The van der Waals surface area contributed by atoms with Crippen molar-refractivity contribution in [2.24, 2.45) is 0 Å². The SMILES string of the molecule is CC(=O)NC1=CC(C)(C)N(O)C(C)(C)C1. The van der Waals surface area contributed by atoms with Crippen LogP contribution < -0.4 is 5.32 Å². The summed E-state index contributed by atoms with van der Waals surface area (Å²) < 4.78 is 0. The Labute approximate surface area is 90.9 Å². The van der Waals surface area contributed by atoms with Gasteiger partial charge in [0.1, 0.15) is 0 Å². The molecule has 0 unspecified atom stereocenters. The molecule has 1 rings (SSSR count). The number of hydroxylamine groups is 2. The van der Waals surface area contributed by atoms with Crippen LogP contribution in [0.5, 0.6) is 0 Å². The van der Waals surface area contributed by atoms with E-state index in [2.05, 4.69) is 5.32 Å². The number of hydrogen-bond acceptors (Lipinski definition) is 3. The number of carbonyl (C=O) groups excluding carboxylic acids is 1. The number of nitrogens with one attached hydrogen (secondary N) is 1. The van der Waals surface area contributed by atoms with Crippen LogP contribution in [0, 0.1) is 0 Å². The number of rotatable bonds is 1. The average Bonchev–Trinajstić information content (AvgIpc) is 1.97. The van der Waals surface area contributed by atoms with E-state index in [1.807, 2.05) is 33.8 Å². The van der Waals surface area contributed by atoms with E-state index in [4.69, 9.17) is 0 Å². The Bertz CT molecular complexity index is 306. The molecular formula is C11H20N2O2. The number of amides is 1. The molecule has 4 nitrogen and oxygen atoms in total. The highest BCUT2D eigenvalue weighted by Crippen LogP contribution is 2.34. The summed E-state index contributed by atoms with van der Waals surface area (Å²) in [6.07, 6.45) is 2.52. The van der Waals surface area contributed by atoms with Gasteiger partial charge in [0, 0.05) is 24.6 Å². The summed E-state index contributed by atoms with van der Waals surface area (Å²) in [5, 5.41) is 14.1. The molecule has 0 bridgehead atoms. The van der Waals surface area contributed by atoms with Crippen LogP contribution in [0.2, 0.25) is 0 Å². The van der Waals surface area contributed by atoms with Crippen molar-refractivity contribution in [3.05, 3.63) is 11.8 Å². The summed E-state index contributed by atoms with van der Waals surface area (Å²) >= 11 is 0. The summed E-state index contributed by atoms with van der Waals surface area (Å²) in [5.74, 6) is -0.0701. The molecule has 0 atom stereocenters. The predicted molar refractivity (Wildman–Crippen MR) is 58.3 cm³/mol. The molecule has 1 aliphatic rings. The molecule has 4 heteroatoms. The lowest BCUT2D eigenvalue weighted by Crippen LogP contribution is -2.56. The third kappa shape index (κ3) is 2.58. The molecule has 1 amide bonds. The van der Waals surface area contributed by atoms with Crippen LogP contribution in [-0.2, 0) is 4.79 Å². The Kier molecular flexibility index (Phi) is 2.94. The van der Waals surface area contributed by atoms with E-state index >= 15 is 0 Å². The zero-order chi connectivity index (χ0) is 11.9. The quantitative estimate of drug-likeness (QED) is 0.695. The Balaban J connectivity index is 2.98. The topological polar surface area (TPSA) is 52.6 Å². The van der Waals surface area contributed by atoms with Gasteiger partial charge in [0.2, 0.25) is 5.91 Å². The number of carbonyl (C=O) groups is 1. The highest BCUT2D eigenvalue weighted by Gasteiger charge is 2.40. The molecule has 0 aromatic carbocycles. The Morgan fingerprint density at radius 1 is 1.47 bits per heavy atom. The molecule has 0 aliphatic carbocycles. The van der Waals surface area contributed by atoms with Gasteiger partial charge in [-0.05, 0) is 33.8 Å². The van der Waals surface area contributed by atoms with Gasteiger partial charge in [0.15, 0.2) is 0 Å². The van der Waals surface area contributed by atoms with Crippen molar-refractivity contribution in [3.8, 4) is 0 Å². The van der Waals surface area contributed by atoms with E-state index in [0.29, 0.717) is 6.42 Å². The number of nitrogens with zero attached hydrogens (tertiary/aromatic N) is 1. The van der Waals surface area contributed by atoms with Gasteiger partial charge in [0.25, 0.3) is 0 Å². The summed E-state index contributed by atoms with van der Waals surface area (Å²) in [4.78, 5) is 11.0. The van der Waals surface area contributed by atoms with E-state index in [-0.39, 0.29) is 11.4 Å². The fourth-order valence-electron chi connectivity index (χ4n) is 2.17. The molecule has 0 aromatic heterocycles. The van der Waals surface area contributed by atoms with Gasteiger partial charge < -0.3 is 10.5 Å². The van der Waals surface area contributed by atoms with Crippen molar-refractivity contribution >= 4 is 5.91 Å². The Morgan fingerprint density at radius 3 is 2.40 bits per heavy atom. The van der Waals surface area contributed by atoms with Gasteiger partial charge in [-0.25, -0.2) is 0 Å². The minimum absolute atomic E-state index is 0.0701. The zero-order valence-electron chi connectivity index (χ0n) is 10.1. The van der Waals surface area contributed by atoms with Crippen LogP contribution >= 0.6 is 0 Å². The molecule has 1 aliphatic heterocycles. The van der Waals surface area contributed by atoms with Gasteiger partial charge >= 0.3 is 0 Å². The molecule has 0 saturated carbocycles. The lowest BCUT2D eigenvalue weighted by atomic mass is 9.85. The Hall–Kier alpha value is -0.870. The lowest BCUT2D eigenvalue weighted by Gasteiger charge is -2.47. The standard InChI is InChI=1S/C11H20N2O2/c1-8(14)12-9-6-10(2,3)13(15)11(4,5)7-9/h6,15H,7H2,1-5H3,(H,12,14). The van der Waals surface area contributed by atoms with Crippen molar-refractivity contribution in [2.75, 3.05) is 0 Å². The van der Waals surface area contributed by atoms with Crippen LogP contribution in [0.25, 0.3) is 0 Å². The molecule has 1 heterocycles. The lowest BCUT2D eigenvalue weighted by molar-refractivity contribution is -0.214. The van der Waals surface area contributed by atoms with E-state index in [1.165, 1.54) is 12.0 Å². The van der Waals surface area contributed by atoms with E-state index < -0.39 is 5.54 Å². The van der Waals surface area contributed by atoms with Gasteiger partial charge in [-0.15, -0.1) is 0 Å². The van der Waals surface area contributed by atoms with E-state index in [0.717, 1.165) is 5.70 Å². The van der Waals surface area contributed by atoms with Gasteiger partial charge in [0.05, 0.1) is 5.54 Å². The van der Waals surface area contributed by atoms with Crippen molar-refractivity contribution < 1.29 is 10.0 Å².